The van der Waals surface area contributed by atoms with E-state index >= 15 is 0 Å². The fourth-order valence-corrected chi connectivity index (χ4v) is 2.45. The number of amides is 1. The summed E-state index contributed by atoms with van der Waals surface area (Å²) < 4.78 is 39.7. The summed E-state index contributed by atoms with van der Waals surface area (Å²) in [5.41, 5.74) is 0.429. The number of ether oxygens (including phenoxy) is 3. The Kier molecular flexibility index (Phi) is 5.68. The summed E-state index contributed by atoms with van der Waals surface area (Å²) in [6.07, 6.45) is 2.24. The Hall–Kier alpha value is -3.69. The summed E-state index contributed by atoms with van der Waals surface area (Å²) in [5, 5.41) is 13.5. The zero-order chi connectivity index (χ0) is 20.1. The second-order valence-electron chi connectivity index (χ2n) is 5.60. The molecule has 1 heterocycles. The minimum Gasteiger partial charge on any atom is -0.454 e. The van der Waals surface area contributed by atoms with Crippen molar-refractivity contribution in [1.82, 2.24) is 5.32 Å². The van der Waals surface area contributed by atoms with E-state index in [1.165, 1.54) is 6.08 Å². The standard InChI is InChI=1S/C18H14F2N2O6/c19-18(20)28-14-5-3-13(22(24)25)8-12(14)2-6-17(23)21-9-11-1-4-15-16(7-11)27-10-26-15/h1-8,18H,9-10H2,(H,21,23). The number of nitrogens with zero attached hydrogens (tertiary/aromatic N) is 1. The average Bonchev–Trinajstić information content (AvgIpc) is 3.12. The molecule has 0 aromatic heterocycles. The second-order valence-corrected chi connectivity index (χ2v) is 5.60. The van der Waals surface area contributed by atoms with Crippen molar-refractivity contribution < 1.29 is 32.7 Å². The molecule has 0 bridgehead atoms. The lowest BCUT2D eigenvalue weighted by Gasteiger charge is -2.08. The lowest BCUT2D eigenvalue weighted by Crippen LogP contribution is -2.20. The lowest BCUT2D eigenvalue weighted by atomic mass is 10.1. The van der Waals surface area contributed by atoms with Crippen molar-refractivity contribution in [3.63, 3.8) is 0 Å². The molecule has 1 amide bonds. The van der Waals surface area contributed by atoms with Gasteiger partial charge in [0.25, 0.3) is 5.69 Å². The number of halogens is 2. The molecule has 2 aromatic carbocycles. The predicted molar refractivity (Wildman–Crippen MR) is 93.2 cm³/mol. The van der Waals surface area contributed by atoms with E-state index in [-0.39, 0.29) is 30.3 Å². The number of non-ortho nitro benzene ring substituents is 1. The van der Waals surface area contributed by atoms with Crippen LogP contribution in [-0.2, 0) is 11.3 Å². The Morgan fingerprint density at radius 3 is 2.79 bits per heavy atom. The smallest absolute Gasteiger partial charge is 0.387 e. The monoisotopic (exact) mass is 392 g/mol. The van der Waals surface area contributed by atoms with Crippen molar-refractivity contribution in [2.75, 3.05) is 6.79 Å². The molecule has 8 nitrogen and oxygen atoms in total. The molecule has 0 unspecified atom stereocenters. The van der Waals surface area contributed by atoms with E-state index in [1.807, 2.05) is 0 Å². The van der Waals surface area contributed by atoms with Gasteiger partial charge in [-0.15, -0.1) is 0 Å². The van der Waals surface area contributed by atoms with E-state index in [0.29, 0.717) is 11.5 Å². The van der Waals surface area contributed by atoms with Crippen LogP contribution >= 0.6 is 0 Å². The topological polar surface area (TPSA) is 99.9 Å². The zero-order valence-electron chi connectivity index (χ0n) is 14.3. The van der Waals surface area contributed by atoms with Crippen LogP contribution in [0.5, 0.6) is 17.2 Å². The highest BCUT2D eigenvalue weighted by Crippen LogP contribution is 2.32. The average molecular weight is 392 g/mol. The van der Waals surface area contributed by atoms with E-state index < -0.39 is 17.4 Å². The number of carbonyl (C=O) groups is 1. The van der Waals surface area contributed by atoms with Gasteiger partial charge in [0.2, 0.25) is 12.7 Å². The summed E-state index contributed by atoms with van der Waals surface area (Å²) in [4.78, 5) is 22.2. The number of benzene rings is 2. The Labute approximate surface area is 157 Å². The molecule has 0 saturated carbocycles. The van der Waals surface area contributed by atoms with E-state index in [9.17, 15) is 23.7 Å². The number of nitro benzene ring substituents is 1. The third-order valence-corrected chi connectivity index (χ3v) is 3.74. The number of carbonyl (C=O) groups excluding carboxylic acids is 1. The van der Waals surface area contributed by atoms with E-state index in [1.54, 1.807) is 18.2 Å². The van der Waals surface area contributed by atoms with Gasteiger partial charge >= 0.3 is 6.61 Å². The first-order valence-electron chi connectivity index (χ1n) is 8.00. The van der Waals surface area contributed by atoms with Crippen molar-refractivity contribution in [3.8, 4) is 17.2 Å². The van der Waals surface area contributed by atoms with Gasteiger partial charge in [-0.1, -0.05) is 6.07 Å². The van der Waals surface area contributed by atoms with Crippen LogP contribution in [0.4, 0.5) is 14.5 Å². The molecule has 0 radical (unpaired) electrons. The maximum atomic E-state index is 12.5. The van der Waals surface area contributed by atoms with Crippen LogP contribution in [0.15, 0.2) is 42.5 Å². The van der Waals surface area contributed by atoms with Crippen LogP contribution in [0, 0.1) is 10.1 Å². The SMILES string of the molecule is O=C(C=Cc1cc([N+](=O)[O-])ccc1OC(F)F)NCc1ccc2c(c1)OCO2. The second kappa shape index (κ2) is 8.33. The molecule has 0 fully saturated rings. The molecule has 1 aliphatic heterocycles. The minimum absolute atomic E-state index is 0.0206. The van der Waals surface area contributed by atoms with Gasteiger partial charge in [-0.05, 0) is 29.8 Å². The molecule has 0 spiro atoms. The van der Waals surface area contributed by atoms with E-state index in [0.717, 1.165) is 29.8 Å². The molecular formula is C18H14F2N2O6. The number of nitro groups is 1. The minimum atomic E-state index is -3.10. The third kappa shape index (κ3) is 4.72. The van der Waals surface area contributed by atoms with Crippen molar-refractivity contribution in [3.05, 3.63) is 63.7 Å². The number of alkyl halides is 2. The Morgan fingerprint density at radius 2 is 2.04 bits per heavy atom. The van der Waals surface area contributed by atoms with Crippen LogP contribution in [0.1, 0.15) is 11.1 Å². The first-order chi connectivity index (χ1) is 13.4. The molecule has 1 aliphatic rings. The fraction of sp³-hybridized carbons (Fsp3) is 0.167. The number of hydrogen-bond donors (Lipinski definition) is 1. The number of hydrogen-bond acceptors (Lipinski definition) is 6. The van der Waals surface area contributed by atoms with Crippen LogP contribution in [0.2, 0.25) is 0 Å². The summed E-state index contributed by atoms with van der Waals surface area (Å²) in [6.45, 7) is -2.77. The molecule has 0 saturated heterocycles. The highest BCUT2D eigenvalue weighted by atomic mass is 19.3. The predicted octanol–water partition coefficient (Wildman–Crippen LogP) is 3.25. The molecular weight excluding hydrogens is 378 g/mol. The lowest BCUT2D eigenvalue weighted by molar-refractivity contribution is -0.384. The molecule has 1 N–H and O–H groups in total. The van der Waals surface area contributed by atoms with Gasteiger partial charge in [0.15, 0.2) is 11.5 Å². The summed E-state index contributed by atoms with van der Waals surface area (Å²) in [5.74, 6) is 0.396. The van der Waals surface area contributed by atoms with Gasteiger partial charge in [-0.25, -0.2) is 0 Å². The molecule has 28 heavy (non-hydrogen) atoms. The largest absolute Gasteiger partial charge is 0.454 e. The number of nitrogens with one attached hydrogen (secondary N) is 1. The molecule has 146 valence electrons. The fourth-order valence-electron chi connectivity index (χ4n) is 2.45. The molecule has 0 atom stereocenters. The van der Waals surface area contributed by atoms with Gasteiger partial charge in [0.05, 0.1) is 4.92 Å². The molecule has 0 aliphatic carbocycles. The van der Waals surface area contributed by atoms with Crippen LogP contribution in [0.25, 0.3) is 6.08 Å². The van der Waals surface area contributed by atoms with E-state index in [4.69, 9.17) is 9.47 Å². The first kappa shape index (κ1) is 19.1. The van der Waals surface area contributed by atoms with Crippen LogP contribution in [-0.4, -0.2) is 24.2 Å². The summed E-state index contributed by atoms with van der Waals surface area (Å²) in [7, 11) is 0. The molecule has 3 rings (SSSR count). The summed E-state index contributed by atoms with van der Waals surface area (Å²) in [6, 6.07) is 8.33. The van der Waals surface area contributed by atoms with Crippen molar-refractivity contribution in [1.29, 1.82) is 0 Å². The normalized spacial score (nSPS) is 12.4. The van der Waals surface area contributed by atoms with E-state index in [2.05, 4.69) is 10.1 Å². The highest BCUT2D eigenvalue weighted by molar-refractivity contribution is 5.92. The molecule has 2 aromatic rings. The quantitative estimate of drug-likeness (QED) is 0.441. The molecule has 10 heteroatoms. The number of rotatable bonds is 7. The highest BCUT2D eigenvalue weighted by Gasteiger charge is 2.15. The Balaban J connectivity index is 1.67. The Bertz CT molecular complexity index is 932. The Morgan fingerprint density at radius 1 is 1.25 bits per heavy atom. The van der Waals surface area contributed by atoms with Crippen molar-refractivity contribution >= 4 is 17.7 Å². The van der Waals surface area contributed by atoms with Crippen LogP contribution in [0.3, 0.4) is 0 Å². The zero-order valence-corrected chi connectivity index (χ0v) is 14.3. The van der Waals surface area contributed by atoms with Crippen molar-refractivity contribution in [2.24, 2.45) is 0 Å². The van der Waals surface area contributed by atoms with Gasteiger partial charge in [-0.2, -0.15) is 8.78 Å². The summed E-state index contributed by atoms with van der Waals surface area (Å²) >= 11 is 0. The van der Waals surface area contributed by atoms with Gasteiger partial charge in [0, 0.05) is 30.3 Å². The first-order valence-corrected chi connectivity index (χ1v) is 8.00. The van der Waals surface area contributed by atoms with Gasteiger partial charge in [-0.3, -0.25) is 14.9 Å². The third-order valence-electron chi connectivity index (χ3n) is 3.74. The van der Waals surface area contributed by atoms with Gasteiger partial charge < -0.3 is 19.5 Å². The van der Waals surface area contributed by atoms with Crippen molar-refractivity contribution in [2.45, 2.75) is 13.2 Å². The van der Waals surface area contributed by atoms with Crippen LogP contribution < -0.4 is 19.5 Å². The van der Waals surface area contributed by atoms with Gasteiger partial charge in [0.1, 0.15) is 5.75 Å². The maximum Gasteiger partial charge on any atom is 0.387 e. The maximum absolute atomic E-state index is 12.5. The number of fused-ring (bicyclic) bond motifs is 1.